The number of carbonyl (C=O) groups excluding carboxylic acids is 6. The standard InChI is InChI=1S/C58H106N2O11S/c1-8-15-20-23-24-29-43-67-53(61)40-32-42-60(58(66)72-46-33-41-59(13-6)14-7)47-50(48-70-54(62)38-27-30-44-68-56(64)51(34-18-11-4)36-25-21-16-9-2)49-71-55(63)39-28-31-45-69-57(65)52(35-19-12-5)37-26-22-17-10-3/h15,20,50-52H,8-14,16-19,21-49H2,1-7H3/b20-15-. The number of ether oxygens (including phenoxy) is 5. The Kier molecular flexibility index (Phi) is 47.9. The molecule has 14 heteroatoms. The monoisotopic (exact) mass is 1040 g/mol. The zero-order valence-corrected chi connectivity index (χ0v) is 47.8. The minimum atomic E-state index is -0.525. The fourth-order valence-electron chi connectivity index (χ4n) is 8.31. The molecule has 0 aromatic carbocycles. The Balaban J connectivity index is 5.70. The molecule has 2 unspecified atom stereocenters. The molecule has 0 heterocycles. The van der Waals surface area contributed by atoms with E-state index < -0.39 is 17.9 Å². The fourth-order valence-corrected chi connectivity index (χ4v) is 9.10. The summed E-state index contributed by atoms with van der Waals surface area (Å²) in [6.07, 6.45) is 27.9. The van der Waals surface area contributed by atoms with Crippen LogP contribution in [0.25, 0.3) is 0 Å². The topological polar surface area (TPSA) is 155 Å². The van der Waals surface area contributed by atoms with Crippen molar-refractivity contribution >= 4 is 46.8 Å². The van der Waals surface area contributed by atoms with Crippen LogP contribution in [0.15, 0.2) is 12.2 Å². The van der Waals surface area contributed by atoms with Crippen molar-refractivity contribution in [1.29, 1.82) is 0 Å². The maximum Gasteiger partial charge on any atom is 0.308 e. The van der Waals surface area contributed by atoms with E-state index in [0.29, 0.717) is 44.5 Å². The van der Waals surface area contributed by atoms with E-state index in [0.717, 1.165) is 142 Å². The summed E-state index contributed by atoms with van der Waals surface area (Å²) < 4.78 is 28.4. The first-order valence-corrected chi connectivity index (χ1v) is 30.1. The first-order valence-electron chi connectivity index (χ1n) is 29.1. The van der Waals surface area contributed by atoms with Gasteiger partial charge in [-0.25, -0.2) is 0 Å². The molecule has 0 aromatic heterocycles. The molecule has 0 N–H and O–H groups in total. The minimum absolute atomic E-state index is 0.0717. The third-order valence-corrected chi connectivity index (χ3v) is 14.0. The van der Waals surface area contributed by atoms with Gasteiger partial charge in [0.15, 0.2) is 0 Å². The summed E-state index contributed by atoms with van der Waals surface area (Å²) in [7, 11) is 0. The van der Waals surface area contributed by atoms with E-state index in [4.69, 9.17) is 23.7 Å². The van der Waals surface area contributed by atoms with Crippen LogP contribution in [-0.4, -0.2) is 116 Å². The molecule has 0 fully saturated rings. The second kappa shape index (κ2) is 50.0. The zero-order valence-electron chi connectivity index (χ0n) is 47.0. The van der Waals surface area contributed by atoms with E-state index in [1.165, 1.54) is 24.6 Å². The number of nitrogens with zero attached hydrogens (tertiary/aromatic N) is 2. The molecule has 0 spiro atoms. The highest BCUT2D eigenvalue weighted by molar-refractivity contribution is 8.13. The predicted octanol–water partition coefficient (Wildman–Crippen LogP) is 14.0. The lowest BCUT2D eigenvalue weighted by atomic mass is 9.95. The van der Waals surface area contributed by atoms with Crippen LogP contribution in [-0.2, 0) is 47.7 Å². The zero-order chi connectivity index (χ0) is 53.3. The highest BCUT2D eigenvalue weighted by atomic mass is 32.2. The van der Waals surface area contributed by atoms with Crippen molar-refractivity contribution < 1.29 is 52.5 Å². The minimum Gasteiger partial charge on any atom is -0.466 e. The first-order chi connectivity index (χ1) is 35.0. The Morgan fingerprint density at radius 1 is 0.458 bits per heavy atom. The second-order valence-corrected chi connectivity index (χ2v) is 20.5. The van der Waals surface area contributed by atoms with Gasteiger partial charge in [0.2, 0.25) is 0 Å². The third kappa shape index (κ3) is 40.3. The number of esters is 5. The number of thioether (sulfide) groups is 1. The van der Waals surface area contributed by atoms with Gasteiger partial charge in [-0.05, 0) is 110 Å². The Bertz CT molecular complexity index is 1330. The molecule has 0 bridgehead atoms. The van der Waals surface area contributed by atoms with Gasteiger partial charge in [-0.2, -0.15) is 0 Å². The number of unbranched alkanes of at least 4 members (excludes halogenated alkanes) is 12. The molecule has 1 amide bonds. The molecule has 0 saturated carbocycles. The number of amides is 1. The Labute approximate surface area is 443 Å². The molecule has 0 aromatic rings. The number of allylic oxidation sites excluding steroid dienone is 2. The number of carbonyl (C=O) groups is 6. The van der Waals surface area contributed by atoms with Crippen LogP contribution in [0, 0.1) is 17.8 Å². The molecule has 13 nitrogen and oxygen atoms in total. The van der Waals surface area contributed by atoms with Gasteiger partial charge >= 0.3 is 29.8 Å². The van der Waals surface area contributed by atoms with Gasteiger partial charge in [0.25, 0.3) is 5.24 Å². The van der Waals surface area contributed by atoms with Gasteiger partial charge in [0, 0.05) is 44.0 Å². The van der Waals surface area contributed by atoms with Crippen LogP contribution in [0.1, 0.15) is 235 Å². The van der Waals surface area contributed by atoms with Crippen molar-refractivity contribution in [1.82, 2.24) is 9.80 Å². The molecule has 0 radical (unpaired) electrons. The molecule has 0 aliphatic heterocycles. The van der Waals surface area contributed by atoms with Gasteiger partial charge < -0.3 is 33.5 Å². The van der Waals surface area contributed by atoms with E-state index >= 15 is 0 Å². The van der Waals surface area contributed by atoms with Crippen LogP contribution < -0.4 is 0 Å². The summed E-state index contributed by atoms with van der Waals surface area (Å²) in [5.74, 6) is -1.51. The number of rotatable bonds is 50. The van der Waals surface area contributed by atoms with E-state index in [1.54, 1.807) is 4.90 Å². The van der Waals surface area contributed by atoms with Crippen LogP contribution in [0.5, 0.6) is 0 Å². The van der Waals surface area contributed by atoms with Crippen molar-refractivity contribution in [2.24, 2.45) is 17.8 Å². The molecule has 0 saturated heterocycles. The number of hydrogen-bond acceptors (Lipinski definition) is 13. The molecule has 72 heavy (non-hydrogen) atoms. The van der Waals surface area contributed by atoms with Crippen LogP contribution >= 0.6 is 11.8 Å². The summed E-state index contributed by atoms with van der Waals surface area (Å²) in [6.45, 7) is 18.8. The average Bonchev–Trinajstić information content (AvgIpc) is 3.37. The lowest BCUT2D eigenvalue weighted by Crippen LogP contribution is -2.38. The third-order valence-electron chi connectivity index (χ3n) is 13.0. The van der Waals surface area contributed by atoms with Gasteiger partial charge in [-0.15, -0.1) is 0 Å². The molecule has 0 rings (SSSR count). The molecule has 420 valence electrons. The van der Waals surface area contributed by atoms with Gasteiger partial charge in [0.1, 0.15) is 0 Å². The Morgan fingerprint density at radius 2 is 0.931 bits per heavy atom. The summed E-state index contributed by atoms with van der Waals surface area (Å²) in [6, 6.07) is 0. The van der Waals surface area contributed by atoms with Crippen LogP contribution in [0.4, 0.5) is 4.79 Å². The van der Waals surface area contributed by atoms with Crippen molar-refractivity contribution in [2.75, 3.05) is 71.5 Å². The average molecular weight is 1040 g/mol. The van der Waals surface area contributed by atoms with Gasteiger partial charge in [-0.1, -0.05) is 149 Å². The second-order valence-electron chi connectivity index (χ2n) is 19.5. The summed E-state index contributed by atoms with van der Waals surface area (Å²) in [4.78, 5) is 82.6. The maximum absolute atomic E-state index is 13.8. The molecule has 0 aliphatic carbocycles. The van der Waals surface area contributed by atoms with Crippen molar-refractivity contribution in [3.05, 3.63) is 12.2 Å². The Morgan fingerprint density at radius 3 is 1.43 bits per heavy atom. The number of hydrogen-bond donors (Lipinski definition) is 0. The summed E-state index contributed by atoms with van der Waals surface area (Å²) in [5, 5.41) is -0.148. The molecule has 2 atom stereocenters. The molecular weight excluding hydrogens is 933 g/mol. The molecular formula is C58H106N2O11S. The van der Waals surface area contributed by atoms with E-state index in [-0.39, 0.29) is 93.8 Å². The smallest absolute Gasteiger partial charge is 0.308 e. The maximum atomic E-state index is 13.8. The first kappa shape index (κ1) is 68.9. The van der Waals surface area contributed by atoms with Crippen LogP contribution in [0.2, 0.25) is 0 Å². The Hall–Kier alpha value is -3.13. The molecule has 0 aliphatic rings. The highest BCUT2D eigenvalue weighted by Crippen LogP contribution is 2.22. The van der Waals surface area contributed by atoms with E-state index in [9.17, 15) is 28.8 Å². The summed E-state index contributed by atoms with van der Waals surface area (Å²) >= 11 is 1.23. The SMILES string of the molecule is CC/C=C\CCCCOC(=O)CCCN(CC(COC(=O)CCCCOC(=O)C(CCCC)CCCCCC)COC(=O)CCCCOC(=O)C(CCCC)CCCCCC)C(=O)SCCCN(CC)CC. The van der Waals surface area contributed by atoms with E-state index in [1.807, 2.05) is 0 Å². The quantitative estimate of drug-likeness (QED) is 0.0246. The summed E-state index contributed by atoms with van der Waals surface area (Å²) in [5.41, 5.74) is 0. The van der Waals surface area contributed by atoms with Gasteiger partial charge in [-0.3, -0.25) is 28.8 Å². The van der Waals surface area contributed by atoms with Crippen molar-refractivity contribution in [3.8, 4) is 0 Å². The normalized spacial score (nSPS) is 12.7. The largest absolute Gasteiger partial charge is 0.466 e. The lowest BCUT2D eigenvalue weighted by molar-refractivity contribution is -0.150. The predicted molar refractivity (Wildman–Crippen MR) is 294 cm³/mol. The highest BCUT2D eigenvalue weighted by Gasteiger charge is 2.24. The van der Waals surface area contributed by atoms with Crippen molar-refractivity contribution in [2.45, 2.75) is 235 Å². The fraction of sp³-hybridized carbons (Fsp3) is 0.862. The lowest BCUT2D eigenvalue weighted by Gasteiger charge is -2.27. The van der Waals surface area contributed by atoms with Gasteiger partial charge in [0.05, 0.1) is 44.9 Å². The van der Waals surface area contributed by atoms with E-state index in [2.05, 4.69) is 65.5 Å². The van der Waals surface area contributed by atoms with Crippen LogP contribution in [0.3, 0.4) is 0 Å². The van der Waals surface area contributed by atoms with Crippen molar-refractivity contribution in [3.63, 3.8) is 0 Å².